The molecule has 0 aliphatic carbocycles. The van der Waals surface area contributed by atoms with Crippen LogP contribution in [0.5, 0.6) is 0 Å². The Morgan fingerprint density at radius 2 is 2.33 bits per heavy atom. The number of rotatable bonds is 1. The zero-order chi connectivity index (χ0) is 8.55. The molecule has 0 fully saturated rings. The van der Waals surface area contributed by atoms with E-state index in [-0.39, 0.29) is 5.97 Å². The number of alkyl halides is 1. The highest BCUT2D eigenvalue weighted by atomic mass is 79.9. The van der Waals surface area contributed by atoms with Crippen molar-refractivity contribution in [2.45, 2.75) is 11.9 Å². The molecular formula is C9H7BrO2. The Balaban J connectivity index is 2.60. The minimum atomic E-state index is -0.194. The quantitative estimate of drug-likeness (QED) is 0.543. The van der Waals surface area contributed by atoms with Crippen LogP contribution >= 0.6 is 15.9 Å². The fourth-order valence-electron chi connectivity index (χ4n) is 1.36. The van der Waals surface area contributed by atoms with Crippen molar-refractivity contribution in [3.63, 3.8) is 0 Å². The molecule has 0 radical (unpaired) electrons. The second-order valence-electron chi connectivity index (χ2n) is 2.66. The van der Waals surface area contributed by atoms with Gasteiger partial charge in [-0.15, -0.1) is 0 Å². The van der Waals surface area contributed by atoms with Crippen LogP contribution in [0.2, 0.25) is 0 Å². The number of benzene rings is 1. The van der Waals surface area contributed by atoms with Gasteiger partial charge in [0, 0.05) is 10.9 Å². The van der Waals surface area contributed by atoms with E-state index in [1.807, 2.05) is 18.2 Å². The van der Waals surface area contributed by atoms with Gasteiger partial charge in [-0.05, 0) is 5.56 Å². The van der Waals surface area contributed by atoms with Crippen molar-refractivity contribution in [3.05, 3.63) is 34.9 Å². The molecule has 0 aromatic heterocycles. The van der Waals surface area contributed by atoms with Crippen molar-refractivity contribution >= 4 is 21.9 Å². The number of esters is 1. The number of fused-ring (bicyclic) bond motifs is 1. The van der Waals surface area contributed by atoms with Crippen molar-refractivity contribution in [2.24, 2.45) is 0 Å². The van der Waals surface area contributed by atoms with Crippen LogP contribution in [0.1, 0.15) is 21.5 Å². The Bertz CT molecular complexity index is 333. The Morgan fingerprint density at radius 3 is 3.08 bits per heavy atom. The van der Waals surface area contributed by atoms with Crippen molar-refractivity contribution in [1.82, 2.24) is 0 Å². The van der Waals surface area contributed by atoms with E-state index in [1.165, 1.54) is 0 Å². The van der Waals surface area contributed by atoms with E-state index in [1.54, 1.807) is 0 Å². The fourth-order valence-corrected chi connectivity index (χ4v) is 1.83. The molecule has 0 bridgehead atoms. The molecule has 1 aliphatic rings. The first-order valence-corrected chi connectivity index (χ1v) is 4.79. The third-order valence-corrected chi connectivity index (χ3v) is 2.55. The molecule has 3 heteroatoms. The van der Waals surface area contributed by atoms with Gasteiger partial charge in [0.2, 0.25) is 0 Å². The molecule has 62 valence electrons. The average molecular weight is 227 g/mol. The molecule has 1 heterocycles. The molecule has 2 rings (SSSR count). The van der Waals surface area contributed by atoms with Crippen LogP contribution in [-0.4, -0.2) is 5.97 Å². The van der Waals surface area contributed by atoms with E-state index in [4.69, 9.17) is 4.74 Å². The highest BCUT2D eigenvalue weighted by Crippen LogP contribution is 2.24. The lowest BCUT2D eigenvalue weighted by molar-refractivity contribution is 0.0534. The van der Waals surface area contributed by atoms with Crippen LogP contribution in [0.4, 0.5) is 0 Å². The summed E-state index contributed by atoms with van der Waals surface area (Å²) in [7, 11) is 0. The lowest BCUT2D eigenvalue weighted by atomic mass is 10.0. The topological polar surface area (TPSA) is 26.3 Å². The third-order valence-electron chi connectivity index (χ3n) is 1.94. The summed E-state index contributed by atoms with van der Waals surface area (Å²) >= 11 is 3.33. The van der Waals surface area contributed by atoms with Crippen LogP contribution in [0.15, 0.2) is 18.2 Å². The number of carbonyl (C=O) groups is 1. The molecular weight excluding hydrogens is 220 g/mol. The van der Waals surface area contributed by atoms with Gasteiger partial charge in [-0.3, -0.25) is 0 Å². The molecule has 1 aromatic carbocycles. The first kappa shape index (κ1) is 7.80. The maximum Gasteiger partial charge on any atom is 0.339 e. The number of hydrogen-bond donors (Lipinski definition) is 0. The van der Waals surface area contributed by atoms with Crippen LogP contribution in [0.25, 0.3) is 0 Å². The first-order valence-electron chi connectivity index (χ1n) is 3.67. The lowest BCUT2D eigenvalue weighted by Gasteiger charge is -1.99. The number of cyclic esters (lactones) is 1. The van der Waals surface area contributed by atoms with Crippen LogP contribution in [-0.2, 0) is 16.7 Å². The number of carbonyl (C=O) groups excluding carboxylic acids is 1. The van der Waals surface area contributed by atoms with Crippen LogP contribution < -0.4 is 0 Å². The summed E-state index contributed by atoms with van der Waals surface area (Å²) in [6, 6.07) is 5.80. The van der Waals surface area contributed by atoms with E-state index >= 15 is 0 Å². The summed E-state index contributed by atoms with van der Waals surface area (Å²) < 4.78 is 4.91. The predicted molar refractivity (Wildman–Crippen MR) is 48.2 cm³/mol. The monoisotopic (exact) mass is 226 g/mol. The Morgan fingerprint density at radius 1 is 1.50 bits per heavy atom. The molecule has 0 N–H and O–H groups in total. The van der Waals surface area contributed by atoms with E-state index in [2.05, 4.69) is 15.9 Å². The van der Waals surface area contributed by atoms with Crippen molar-refractivity contribution in [1.29, 1.82) is 0 Å². The number of ether oxygens (including phenoxy) is 1. The maximum atomic E-state index is 11.2. The van der Waals surface area contributed by atoms with Gasteiger partial charge >= 0.3 is 5.97 Å². The predicted octanol–water partition coefficient (Wildman–Crippen LogP) is 2.25. The van der Waals surface area contributed by atoms with Gasteiger partial charge < -0.3 is 4.74 Å². The van der Waals surface area contributed by atoms with E-state index in [0.29, 0.717) is 11.9 Å². The summed E-state index contributed by atoms with van der Waals surface area (Å²) in [5.41, 5.74) is 2.75. The second kappa shape index (κ2) is 2.90. The molecule has 2 nitrogen and oxygen atoms in total. The normalized spacial score (nSPS) is 14.2. The van der Waals surface area contributed by atoms with Gasteiger partial charge in [-0.1, -0.05) is 34.1 Å². The smallest absolute Gasteiger partial charge is 0.339 e. The minimum Gasteiger partial charge on any atom is -0.457 e. The summed E-state index contributed by atoms with van der Waals surface area (Å²) in [5.74, 6) is -0.194. The Kier molecular flexibility index (Phi) is 1.89. The second-order valence-corrected chi connectivity index (χ2v) is 3.22. The minimum absolute atomic E-state index is 0.194. The van der Waals surface area contributed by atoms with E-state index in [0.717, 1.165) is 16.7 Å². The van der Waals surface area contributed by atoms with Gasteiger partial charge in [0.25, 0.3) is 0 Å². The highest BCUT2D eigenvalue weighted by molar-refractivity contribution is 9.08. The van der Waals surface area contributed by atoms with Gasteiger partial charge in [0.05, 0.1) is 5.56 Å². The molecule has 0 amide bonds. The maximum absolute atomic E-state index is 11.2. The third kappa shape index (κ3) is 1.05. The van der Waals surface area contributed by atoms with Gasteiger partial charge in [0.15, 0.2) is 0 Å². The summed E-state index contributed by atoms with van der Waals surface area (Å²) in [5, 5.41) is 0.700. The fraction of sp³-hybridized carbons (Fsp3) is 0.222. The Labute approximate surface area is 78.7 Å². The summed E-state index contributed by atoms with van der Waals surface area (Å²) in [6.45, 7) is 0.426. The molecule has 1 aromatic rings. The molecule has 1 aliphatic heterocycles. The SMILES string of the molecule is O=C1OCc2cccc(CBr)c21. The van der Waals surface area contributed by atoms with Gasteiger partial charge in [0.1, 0.15) is 6.61 Å². The standard InChI is InChI=1S/C9H7BrO2/c10-4-6-2-1-3-7-5-12-9(11)8(6)7/h1-3H,4-5H2. The average Bonchev–Trinajstić information content (AvgIpc) is 2.48. The zero-order valence-corrected chi connectivity index (χ0v) is 7.93. The molecule has 0 saturated heterocycles. The molecule has 12 heavy (non-hydrogen) atoms. The van der Waals surface area contributed by atoms with Crippen molar-refractivity contribution < 1.29 is 9.53 Å². The van der Waals surface area contributed by atoms with Gasteiger partial charge in [-0.25, -0.2) is 4.79 Å². The largest absolute Gasteiger partial charge is 0.457 e. The zero-order valence-electron chi connectivity index (χ0n) is 6.34. The lowest BCUT2D eigenvalue weighted by Crippen LogP contribution is -1.98. The first-order chi connectivity index (χ1) is 5.83. The van der Waals surface area contributed by atoms with Crippen LogP contribution in [0.3, 0.4) is 0 Å². The molecule has 0 saturated carbocycles. The summed E-state index contributed by atoms with van der Waals surface area (Å²) in [6.07, 6.45) is 0. The molecule has 0 atom stereocenters. The number of halogens is 1. The van der Waals surface area contributed by atoms with Crippen molar-refractivity contribution in [3.8, 4) is 0 Å². The van der Waals surface area contributed by atoms with E-state index < -0.39 is 0 Å². The van der Waals surface area contributed by atoms with Gasteiger partial charge in [-0.2, -0.15) is 0 Å². The Hall–Kier alpha value is -0.830. The highest BCUT2D eigenvalue weighted by Gasteiger charge is 2.23. The number of hydrogen-bond acceptors (Lipinski definition) is 2. The van der Waals surface area contributed by atoms with E-state index in [9.17, 15) is 4.79 Å². The molecule has 0 unspecified atom stereocenters. The summed E-state index contributed by atoms with van der Waals surface area (Å²) in [4.78, 5) is 11.2. The van der Waals surface area contributed by atoms with Crippen molar-refractivity contribution in [2.75, 3.05) is 0 Å². The molecule has 0 spiro atoms. The van der Waals surface area contributed by atoms with Crippen LogP contribution in [0, 0.1) is 0 Å².